The van der Waals surface area contributed by atoms with Crippen LogP contribution < -0.4 is 10.6 Å². The van der Waals surface area contributed by atoms with Crippen molar-refractivity contribution in [1.82, 2.24) is 25.8 Å². The number of alkyl halides is 3. The van der Waals surface area contributed by atoms with E-state index in [4.69, 9.17) is 0 Å². The molecule has 3 rings (SSSR count). The summed E-state index contributed by atoms with van der Waals surface area (Å²) in [6.45, 7) is 3.41. The van der Waals surface area contributed by atoms with Gasteiger partial charge in [0.1, 0.15) is 6.33 Å². The number of nitrogens with one attached hydrogen (secondary N) is 3. The van der Waals surface area contributed by atoms with E-state index in [2.05, 4.69) is 30.8 Å². The number of hydrogen-bond donors (Lipinski definition) is 3. The number of aliphatic imine (C=N–C) groups is 1. The third-order valence-corrected chi connectivity index (χ3v) is 4.12. The lowest BCUT2D eigenvalue weighted by Gasteiger charge is -2.12. The summed E-state index contributed by atoms with van der Waals surface area (Å²) >= 11 is 0. The van der Waals surface area contributed by atoms with E-state index in [1.807, 2.05) is 31.2 Å². The Morgan fingerprint density at radius 2 is 1.86 bits per heavy atom. The van der Waals surface area contributed by atoms with Crippen LogP contribution in [0.15, 0.2) is 59.9 Å². The summed E-state index contributed by atoms with van der Waals surface area (Å²) < 4.78 is 38.0. The van der Waals surface area contributed by atoms with Gasteiger partial charge in [0.25, 0.3) is 0 Å². The molecule has 9 heteroatoms. The maximum atomic E-state index is 12.7. The number of hydrogen-bond acceptors (Lipinski definition) is 3. The standard InChI is InChI=1S/C20H21F3N6/c1-2-24-19(25-11-14-6-8-17(9-7-14)20(21,22)23)26-12-15-4-3-5-16(10-15)18-27-13-28-29-18/h3-10,13H,2,11-12H2,1H3,(H2,24,25,26)(H,27,28,29). The monoisotopic (exact) mass is 402 g/mol. The number of halogens is 3. The van der Waals surface area contributed by atoms with Gasteiger partial charge < -0.3 is 10.6 Å². The van der Waals surface area contributed by atoms with E-state index in [9.17, 15) is 13.2 Å². The van der Waals surface area contributed by atoms with Crippen LogP contribution >= 0.6 is 0 Å². The maximum Gasteiger partial charge on any atom is 0.416 e. The molecule has 0 spiro atoms. The van der Waals surface area contributed by atoms with Gasteiger partial charge in [-0.2, -0.15) is 18.3 Å². The Labute approximate surface area is 166 Å². The molecule has 0 aliphatic heterocycles. The van der Waals surface area contributed by atoms with Crippen LogP contribution in [0.25, 0.3) is 11.4 Å². The summed E-state index contributed by atoms with van der Waals surface area (Å²) in [5.74, 6) is 1.26. The smallest absolute Gasteiger partial charge is 0.357 e. The zero-order valence-electron chi connectivity index (χ0n) is 15.8. The van der Waals surface area contributed by atoms with Crippen LogP contribution in [-0.4, -0.2) is 27.7 Å². The second-order valence-electron chi connectivity index (χ2n) is 6.28. The molecule has 3 N–H and O–H groups in total. The second-order valence-corrected chi connectivity index (χ2v) is 6.28. The molecule has 0 saturated heterocycles. The first-order valence-corrected chi connectivity index (χ1v) is 9.08. The van der Waals surface area contributed by atoms with Gasteiger partial charge in [-0.25, -0.2) is 9.98 Å². The lowest BCUT2D eigenvalue weighted by Crippen LogP contribution is -2.36. The number of aromatic nitrogens is 3. The van der Waals surface area contributed by atoms with Crippen molar-refractivity contribution < 1.29 is 13.2 Å². The molecule has 0 bridgehead atoms. The van der Waals surface area contributed by atoms with Gasteiger partial charge in [0.15, 0.2) is 11.8 Å². The first kappa shape index (κ1) is 20.4. The summed E-state index contributed by atoms with van der Waals surface area (Å²) in [5, 5.41) is 12.9. The van der Waals surface area contributed by atoms with Crippen LogP contribution in [0.4, 0.5) is 13.2 Å². The van der Waals surface area contributed by atoms with E-state index in [0.717, 1.165) is 28.8 Å². The molecule has 2 aromatic carbocycles. The van der Waals surface area contributed by atoms with Crippen molar-refractivity contribution in [3.8, 4) is 11.4 Å². The van der Waals surface area contributed by atoms with Crippen LogP contribution in [-0.2, 0) is 19.3 Å². The van der Waals surface area contributed by atoms with Crippen molar-refractivity contribution >= 4 is 5.96 Å². The first-order chi connectivity index (χ1) is 14.0. The van der Waals surface area contributed by atoms with Crippen LogP contribution in [0.1, 0.15) is 23.6 Å². The van der Waals surface area contributed by atoms with E-state index < -0.39 is 11.7 Å². The molecular weight excluding hydrogens is 381 g/mol. The Hall–Kier alpha value is -3.36. The van der Waals surface area contributed by atoms with Gasteiger partial charge in [-0.15, -0.1) is 0 Å². The van der Waals surface area contributed by atoms with Gasteiger partial charge in [0, 0.05) is 18.7 Å². The zero-order chi connectivity index (χ0) is 20.7. The molecule has 0 atom stereocenters. The van der Waals surface area contributed by atoms with Crippen molar-refractivity contribution in [3.05, 3.63) is 71.5 Å². The molecule has 0 amide bonds. The second kappa shape index (κ2) is 9.22. The molecule has 6 nitrogen and oxygen atoms in total. The molecule has 0 fully saturated rings. The number of guanidine groups is 1. The van der Waals surface area contributed by atoms with Gasteiger partial charge >= 0.3 is 6.18 Å². The molecule has 29 heavy (non-hydrogen) atoms. The van der Waals surface area contributed by atoms with Gasteiger partial charge in [-0.1, -0.05) is 30.3 Å². The molecule has 0 aliphatic rings. The lowest BCUT2D eigenvalue weighted by molar-refractivity contribution is -0.137. The molecule has 152 valence electrons. The minimum Gasteiger partial charge on any atom is -0.357 e. The number of benzene rings is 2. The average Bonchev–Trinajstić information content (AvgIpc) is 3.25. The van der Waals surface area contributed by atoms with Crippen LogP contribution in [0.2, 0.25) is 0 Å². The maximum absolute atomic E-state index is 12.7. The predicted octanol–water partition coefficient (Wildman–Crippen LogP) is 3.75. The highest BCUT2D eigenvalue weighted by atomic mass is 19.4. The predicted molar refractivity (Wildman–Crippen MR) is 105 cm³/mol. The Balaban J connectivity index is 1.63. The van der Waals surface area contributed by atoms with Gasteiger partial charge in [0.05, 0.1) is 12.1 Å². The van der Waals surface area contributed by atoms with Gasteiger partial charge in [-0.05, 0) is 36.2 Å². The Kier molecular flexibility index (Phi) is 6.48. The molecular formula is C20H21F3N6. The van der Waals surface area contributed by atoms with Crippen molar-refractivity contribution in [2.24, 2.45) is 4.99 Å². The molecule has 0 saturated carbocycles. The fraction of sp³-hybridized carbons (Fsp3) is 0.250. The molecule has 0 radical (unpaired) electrons. The Bertz CT molecular complexity index is 934. The van der Waals surface area contributed by atoms with Crippen molar-refractivity contribution in [2.75, 3.05) is 6.54 Å². The summed E-state index contributed by atoms with van der Waals surface area (Å²) in [5.41, 5.74) is 1.98. The highest BCUT2D eigenvalue weighted by Crippen LogP contribution is 2.29. The lowest BCUT2D eigenvalue weighted by atomic mass is 10.1. The quantitative estimate of drug-likeness (QED) is 0.434. The summed E-state index contributed by atoms with van der Waals surface area (Å²) in [6.07, 6.45) is -2.88. The molecule has 0 unspecified atom stereocenters. The minimum atomic E-state index is -4.33. The van der Waals surface area contributed by atoms with Gasteiger partial charge in [-0.3, -0.25) is 5.10 Å². The number of H-pyrrole nitrogens is 1. The van der Waals surface area contributed by atoms with Gasteiger partial charge in [0.2, 0.25) is 0 Å². The van der Waals surface area contributed by atoms with E-state index in [0.29, 0.717) is 31.4 Å². The number of rotatable bonds is 6. The van der Waals surface area contributed by atoms with E-state index in [1.165, 1.54) is 18.5 Å². The highest BCUT2D eigenvalue weighted by Gasteiger charge is 2.29. The largest absolute Gasteiger partial charge is 0.416 e. The SMILES string of the molecule is CCNC(=NCc1cccc(-c2ncn[nH]2)c1)NCc1ccc(C(F)(F)F)cc1. The molecule has 0 aliphatic carbocycles. The first-order valence-electron chi connectivity index (χ1n) is 9.08. The summed E-state index contributed by atoms with van der Waals surface area (Å²) in [6, 6.07) is 12.9. The van der Waals surface area contributed by atoms with Crippen LogP contribution in [0.3, 0.4) is 0 Å². The summed E-state index contributed by atoms with van der Waals surface area (Å²) in [7, 11) is 0. The zero-order valence-corrected chi connectivity index (χ0v) is 15.8. The highest BCUT2D eigenvalue weighted by molar-refractivity contribution is 5.79. The Morgan fingerprint density at radius 3 is 2.52 bits per heavy atom. The fourth-order valence-electron chi connectivity index (χ4n) is 2.67. The van der Waals surface area contributed by atoms with Crippen LogP contribution in [0, 0.1) is 0 Å². The number of aromatic amines is 1. The number of nitrogens with zero attached hydrogens (tertiary/aromatic N) is 3. The topological polar surface area (TPSA) is 78.0 Å². The summed E-state index contributed by atoms with van der Waals surface area (Å²) in [4.78, 5) is 8.69. The Morgan fingerprint density at radius 1 is 1.07 bits per heavy atom. The van der Waals surface area contributed by atoms with E-state index in [1.54, 1.807) is 0 Å². The molecule has 1 heterocycles. The van der Waals surface area contributed by atoms with E-state index >= 15 is 0 Å². The van der Waals surface area contributed by atoms with E-state index in [-0.39, 0.29) is 0 Å². The third kappa shape index (κ3) is 5.81. The molecule has 1 aromatic heterocycles. The average molecular weight is 402 g/mol. The normalized spacial score (nSPS) is 12.1. The van der Waals surface area contributed by atoms with Crippen molar-refractivity contribution in [1.29, 1.82) is 0 Å². The fourth-order valence-corrected chi connectivity index (χ4v) is 2.67. The third-order valence-electron chi connectivity index (χ3n) is 4.12. The van der Waals surface area contributed by atoms with Crippen molar-refractivity contribution in [3.63, 3.8) is 0 Å². The minimum absolute atomic E-state index is 0.363. The molecule has 3 aromatic rings. The van der Waals surface area contributed by atoms with Crippen molar-refractivity contribution in [2.45, 2.75) is 26.2 Å². The van der Waals surface area contributed by atoms with Crippen LogP contribution in [0.5, 0.6) is 0 Å².